The van der Waals surface area contributed by atoms with E-state index in [0.717, 1.165) is 28.8 Å². The summed E-state index contributed by atoms with van der Waals surface area (Å²) in [6, 6.07) is 16.4. The van der Waals surface area contributed by atoms with E-state index in [2.05, 4.69) is 16.7 Å². The van der Waals surface area contributed by atoms with Gasteiger partial charge in [-0.15, -0.1) is 11.3 Å². The lowest BCUT2D eigenvalue weighted by Gasteiger charge is -2.35. The van der Waals surface area contributed by atoms with Crippen LogP contribution in [-0.4, -0.2) is 83.4 Å². The van der Waals surface area contributed by atoms with Gasteiger partial charge in [0.2, 0.25) is 17.7 Å². The van der Waals surface area contributed by atoms with Gasteiger partial charge in [-0.2, -0.15) is 0 Å². The van der Waals surface area contributed by atoms with Gasteiger partial charge in [0.05, 0.1) is 18.3 Å². The Morgan fingerprint density at radius 1 is 0.979 bits per heavy atom. The Morgan fingerprint density at radius 3 is 2.33 bits per heavy atom. The Bertz CT molecular complexity index is 1500. The maximum atomic E-state index is 13.8. The van der Waals surface area contributed by atoms with E-state index in [1.165, 1.54) is 17.0 Å². The monoisotopic (exact) mass is 679 g/mol. The highest BCUT2D eigenvalue weighted by molar-refractivity contribution is 7.13. The molecule has 0 unspecified atom stereocenters. The number of nitrogens with zero attached hydrogens (tertiary/aromatic N) is 1. The van der Waals surface area contributed by atoms with Gasteiger partial charge in [-0.25, -0.2) is 4.79 Å². The van der Waals surface area contributed by atoms with Gasteiger partial charge in [-0.3, -0.25) is 14.4 Å². The molecule has 2 aromatic carbocycles. The smallest absolute Gasteiger partial charge is 0.335 e. The van der Waals surface area contributed by atoms with Gasteiger partial charge < -0.3 is 35.2 Å². The Kier molecular flexibility index (Phi) is 13.1. The molecule has 48 heavy (non-hydrogen) atoms. The van der Waals surface area contributed by atoms with Gasteiger partial charge in [0, 0.05) is 31.0 Å². The van der Waals surface area contributed by atoms with E-state index in [1.807, 2.05) is 56.5 Å². The minimum atomic E-state index is -0.987. The first kappa shape index (κ1) is 36.6. The Labute approximate surface area is 285 Å². The molecule has 0 radical (unpaired) electrons. The van der Waals surface area contributed by atoms with Crippen LogP contribution >= 0.6 is 11.3 Å². The lowest BCUT2D eigenvalue weighted by molar-refractivity contribution is -0.144. The van der Waals surface area contributed by atoms with E-state index in [-0.39, 0.29) is 37.6 Å². The summed E-state index contributed by atoms with van der Waals surface area (Å²) < 4.78 is 11.2. The number of carboxylic acid groups (broad SMARTS) is 1. The Balaban J connectivity index is 1.20. The van der Waals surface area contributed by atoms with Crippen LogP contribution in [0.3, 0.4) is 0 Å². The number of likely N-dealkylation sites (tertiary alicyclic amines) is 1. The van der Waals surface area contributed by atoms with Crippen LogP contribution < -0.4 is 15.4 Å². The molecular formula is C36H45N3O8S. The van der Waals surface area contributed by atoms with E-state index in [1.54, 1.807) is 23.5 Å². The zero-order valence-electron chi connectivity index (χ0n) is 27.6. The summed E-state index contributed by atoms with van der Waals surface area (Å²) in [7, 11) is 0. The van der Waals surface area contributed by atoms with Crippen LogP contribution in [0.5, 0.6) is 5.75 Å². The van der Waals surface area contributed by atoms with Crippen LogP contribution in [-0.2, 0) is 25.7 Å². The van der Waals surface area contributed by atoms with Gasteiger partial charge in [-0.1, -0.05) is 51.1 Å². The van der Waals surface area contributed by atoms with Crippen LogP contribution in [0.1, 0.15) is 62.4 Å². The van der Waals surface area contributed by atoms with Crippen molar-refractivity contribution in [3.8, 4) is 16.2 Å². The summed E-state index contributed by atoms with van der Waals surface area (Å²) in [5.74, 6) is -1.61. The number of nitrogens with one attached hydrogen (secondary N) is 2. The fraction of sp³-hybridized carbons (Fsp3) is 0.444. The normalized spacial score (nSPS) is 16.7. The molecule has 1 aromatic heterocycles. The maximum absolute atomic E-state index is 13.8. The summed E-state index contributed by atoms with van der Waals surface area (Å²) >= 11 is 1.66. The molecular weight excluding hydrogens is 634 g/mol. The van der Waals surface area contributed by atoms with Gasteiger partial charge in [0.15, 0.2) is 0 Å². The van der Waals surface area contributed by atoms with Crippen LogP contribution in [0.4, 0.5) is 0 Å². The predicted molar refractivity (Wildman–Crippen MR) is 183 cm³/mol. The summed E-state index contributed by atoms with van der Waals surface area (Å²) in [4.78, 5) is 53.3. The lowest BCUT2D eigenvalue weighted by atomic mass is 9.85. The molecule has 0 spiro atoms. The second-order valence-corrected chi connectivity index (χ2v) is 13.9. The highest BCUT2D eigenvalue weighted by Gasteiger charge is 2.44. The number of thiophene rings is 1. The highest BCUT2D eigenvalue weighted by atomic mass is 32.1. The van der Waals surface area contributed by atoms with Crippen molar-refractivity contribution < 1.29 is 38.9 Å². The molecule has 12 heteroatoms. The highest BCUT2D eigenvalue weighted by Crippen LogP contribution is 2.27. The SMILES string of the molecule is CC(C)(C)[C@H](NC(=O)COCCCCCOc1ccc(C(=O)O)cc1)C(=O)N1C[C@H](O)C[C@H]1C(=O)NCc1ccc(-c2cccs2)cc1. The van der Waals surface area contributed by atoms with Crippen LogP contribution in [0.2, 0.25) is 0 Å². The van der Waals surface area contributed by atoms with Crippen molar-refractivity contribution in [2.24, 2.45) is 5.41 Å². The molecule has 1 aliphatic heterocycles. The van der Waals surface area contributed by atoms with Gasteiger partial charge >= 0.3 is 5.97 Å². The number of hydrogen-bond donors (Lipinski definition) is 4. The standard InChI is InChI=1S/C36H45N3O8S/c1-36(2,3)32(38-31(41)23-46-17-5-4-6-18-47-28-15-13-26(14-16-28)35(44)45)34(43)39-22-27(40)20-29(39)33(42)37-21-24-9-11-25(12-10-24)30-8-7-19-48-30/h7-16,19,27,29,32,40H,4-6,17-18,20-23H2,1-3H3,(H,37,42)(H,38,41)(H,44,45)/t27-,29+,32-/m1/s1. The van der Waals surface area contributed by atoms with Crippen LogP contribution in [0.25, 0.3) is 10.4 Å². The van der Waals surface area contributed by atoms with Crippen molar-refractivity contribution in [1.29, 1.82) is 0 Å². The third-order valence-corrected chi connectivity index (χ3v) is 8.96. The molecule has 4 rings (SSSR count). The number of carbonyl (C=O) groups is 4. The second-order valence-electron chi connectivity index (χ2n) is 12.9. The van der Waals surface area contributed by atoms with Crippen LogP contribution in [0, 0.1) is 5.41 Å². The van der Waals surface area contributed by atoms with Gasteiger partial charge in [-0.05, 0) is 71.5 Å². The number of β-amino-alcohol motifs (C(OH)–C–C–N with tert-alkyl or cyclic N) is 1. The third kappa shape index (κ3) is 10.6. The lowest BCUT2D eigenvalue weighted by Crippen LogP contribution is -2.58. The first-order chi connectivity index (χ1) is 22.9. The zero-order valence-corrected chi connectivity index (χ0v) is 28.5. The first-order valence-corrected chi connectivity index (χ1v) is 17.0. The molecule has 1 aliphatic rings. The Hall–Kier alpha value is -4.26. The summed E-state index contributed by atoms with van der Waals surface area (Å²) in [6.07, 6.45) is 1.54. The largest absolute Gasteiger partial charge is 0.494 e. The van der Waals surface area contributed by atoms with Crippen molar-refractivity contribution in [2.45, 2.75) is 71.2 Å². The predicted octanol–water partition coefficient (Wildman–Crippen LogP) is 4.49. The molecule has 3 aromatic rings. The number of hydrogen-bond acceptors (Lipinski definition) is 8. The molecule has 3 atom stereocenters. The molecule has 258 valence electrons. The molecule has 1 saturated heterocycles. The van der Waals surface area contributed by atoms with Crippen molar-refractivity contribution >= 4 is 35.0 Å². The number of ether oxygens (including phenoxy) is 2. The van der Waals surface area contributed by atoms with Crippen molar-refractivity contribution in [1.82, 2.24) is 15.5 Å². The molecule has 11 nitrogen and oxygen atoms in total. The van der Waals surface area contributed by atoms with Crippen molar-refractivity contribution in [2.75, 3.05) is 26.4 Å². The number of aliphatic hydroxyl groups is 1. The van der Waals surface area contributed by atoms with Gasteiger partial charge in [0.1, 0.15) is 24.4 Å². The number of benzene rings is 2. The average Bonchev–Trinajstić information content (AvgIpc) is 3.74. The quantitative estimate of drug-likeness (QED) is 0.162. The van der Waals surface area contributed by atoms with E-state index in [4.69, 9.17) is 14.6 Å². The van der Waals surface area contributed by atoms with Crippen molar-refractivity contribution in [3.63, 3.8) is 0 Å². The maximum Gasteiger partial charge on any atom is 0.335 e. The molecule has 0 bridgehead atoms. The average molecular weight is 680 g/mol. The molecule has 3 amide bonds. The molecule has 4 N–H and O–H groups in total. The Morgan fingerprint density at radius 2 is 1.69 bits per heavy atom. The summed E-state index contributed by atoms with van der Waals surface area (Å²) in [5, 5.41) is 27.1. The fourth-order valence-electron chi connectivity index (χ4n) is 5.39. The molecule has 0 saturated carbocycles. The fourth-order valence-corrected chi connectivity index (χ4v) is 6.12. The summed E-state index contributed by atoms with van der Waals surface area (Å²) in [6.45, 7) is 6.39. The number of rotatable bonds is 16. The number of carbonyl (C=O) groups excluding carboxylic acids is 3. The van der Waals surface area contributed by atoms with Gasteiger partial charge in [0.25, 0.3) is 0 Å². The number of aliphatic hydroxyl groups excluding tert-OH is 1. The molecule has 1 fully saturated rings. The zero-order chi connectivity index (χ0) is 34.7. The van der Waals surface area contributed by atoms with Crippen molar-refractivity contribution in [3.05, 3.63) is 77.2 Å². The minimum Gasteiger partial charge on any atom is -0.494 e. The van der Waals surface area contributed by atoms with E-state index in [0.29, 0.717) is 25.4 Å². The molecule has 0 aliphatic carbocycles. The molecule has 2 heterocycles. The number of unbranched alkanes of at least 4 members (excludes halogenated alkanes) is 2. The number of amides is 3. The van der Waals surface area contributed by atoms with Crippen LogP contribution in [0.15, 0.2) is 66.0 Å². The number of carboxylic acids is 1. The van der Waals surface area contributed by atoms with E-state index in [9.17, 15) is 24.3 Å². The third-order valence-electron chi connectivity index (χ3n) is 8.05. The van der Waals surface area contributed by atoms with E-state index >= 15 is 0 Å². The summed E-state index contributed by atoms with van der Waals surface area (Å²) in [5.41, 5.74) is 1.55. The second kappa shape index (κ2) is 17.2. The topological polar surface area (TPSA) is 154 Å². The minimum absolute atomic E-state index is 0.00272. The van der Waals surface area contributed by atoms with E-state index < -0.39 is 41.4 Å². The number of aromatic carboxylic acids is 1. The first-order valence-electron chi connectivity index (χ1n) is 16.1.